The van der Waals surface area contributed by atoms with Crippen molar-refractivity contribution in [2.75, 3.05) is 6.54 Å². The van der Waals surface area contributed by atoms with Crippen LogP contribution >= 0.6 is 0 Å². The third-order valence-corrected chi connectivity index (χ3v) is 5.06. The van der Waals surface area contributed by atoms with Crippen LogP contribution in [-0.4, -0.2) is 55.8 Å². The Hall–Kier alpha value is -2.87. The number of rotatable bonds is 4. The number of likely N-dealkylation sites (tertiary alicyclic amines) is 1. The van der Waals surface area contributed by atoms with E-state index in [4.69, 9.17) is 4.74 Å². The molecule has 0 radical (unpaired) electrons. The van der Waals surface area contributed by atoms with Crippen LogP contribution in [0.2, 0.25) is 0 Å². The Labute approximate surface area is 176 Å². The number of ether oxygens (including phenoxy) is 1. The highest BCUT2D eigenvalue weighted by Crippen LogP contribution is 2.24. The minimum atomic E-state index is -0.760. The molecule has 8 heteroatoms. The topological polar surface area (TPSA) is 96.7 Å². The molecule has 1 aromatic heterocycles. The molecule has 2 heterocycles. The largest absolute Gasteiger partial charge is 0.444 e. The minimum absolute atomic E-state index is 0.0831. The Morgan fingerprint density at radius 3 is 2.50 bits per heavy atom. The number of hydrogen-bond donors (Lipinski definition) is 2. The van der Waals surface area contributed by atoms with Crippen LogP contribution in [0.1, 0.15) is 45.7 Å². The second kappa shape index (κ2) is 8.47. The smallest absolute Gasteiger partial charge is 0.411 e. The average Bonchev–Trinajstić information content (AvgIpc) is 3.26. The molecule has 162 valence electrons. The number of imidazole rings is 1. The van der Waals surface area contributed by atoms with Crippen LogP contribution in [-0.2, 0) is 16.6 Å². The highest BCUT2D eigenvalue weighted by Gasteiger charge is 2.41. The van der Waals surface area contributed by atoms with E-state index < -0.39 is 23.8 Å². The first-order valence-corrected chi connectivity index (χ1v) is 10.1. The molecule has 2 N–H and O–H groups in total. The molecule has 0 unspecified atom stereocenters. The van der Waals surface area contributed by atoms with Crippen molar-refractivity contribution in [3.63, 3.8) is 0 Å². The van der Waals surface area contributed by atoms with Gasteiger partial charge in [0, 0.05) is 31.4 Å². The van der Waals surface area contributed by atoms with Gasteiger partial charge in [-0.25, -0.2) is 9.78 Å². The highest BCUT2D eigenvalue weighted by atomic mass is 16.6. The van der Waals surface area contributed by atoms with Crippen LogP contribution < -0.4 is 5.32 Å². The monoisotopic (exact) mass is 414 g/mol. The number of hydrogen-bond acceptors (Lipinski definition) is 5. The first-order chi connectivity index (χ1) is 14.0. The number of aliphatic hydroxyl groups excluding tert-OH is 1. The maximum atomic E-state index is 12.9. The fourth-order valence-corrected chi connectivity index (χ4v) is 3.54. The summed E-state index contributed by atoms with van der Waals surface area (Å²) in [4.78, 5) is 31.0. The number of nitrogens with zero attached hydrogens (tertiary/aromatic N) is 3. The molecule has 3 rings (SSSR count). The number of aliphatic hydroxyl groups is 1. The van der Waals surface area contributed by atoms with E-state index in [2.05, 4.69) is 10.3 Å². The lowest BCUT2D eigenvalue weighted by Crippen LogP contribution is -2.48. The number of benzene rings is 1. The lowest BCUT2D eigenvalue weighted by atomic mass is 10.0. The Morgan fingerprint density at radius 1 is 1.27 bits per heavy atom. The van der Waals surface area contributed by atoms with E-state index in [1.807, 2.05) is 49.0 Å². The van der Waals surface area contributed by atoms with Crippen molar-refractivity contribution < 1.29 is 19.4 Å². The third-order valence-electron chi connectivity index (χ3n) is 5.06. The van der Waals surface area contributed by atoms with Gasteiger partial charge in [0.2, 0.25) is 5.91 Å². The predicted octanol–water partition coefficient (Wildman–Crippen LogP) is 2.63. The molecule has 0 bridgehead atoms. The first-order valence-electron chi connectivity index (χ1n) is 10.1. The zero-order valence-electron chi connectivity index (χ0n) is 18.1. The van der Waals surface area contributed by atoms with Crippen molar-refractivity contribution in [2.24, 2.45) is 7.05 Å². The van der Waals surface area contributed by atoms with Crippen molar-refractivity contribution >= 4 is 12.0 Å². The van der Waals surface area contributed by atoms with Crippen LogP contribution in [0.5, 0.6) is 0 Å². The van der Waals surface area contributed by atoms with Crippen LogP contribution in [0.25, 0.3) is 11.4 Å². The van der Waals surface area contributed by atoms with Gasteiger partial charge in [0.25, 0.3) is 0 Å². The van der Waals surface area contributed by atoms with E-state index in [-0.39, 0.29) is 24.9 Å². The van der Waals surface area contributed by atoms with Gasteiger partial charge >= 0.3 is 6.09 Å². The maximum absolute atomic E-state index is 12.9. The fraction of sp³-hybridized carbons (Fsp3) is 0.500. The zero-order valence-corrected chi connectivity index (χ0v) is 18.1. The Morgan fingerprint density at radius 2 is 1.93 bits per heavy atom. The summed E-state index contributed by atoms with van der Waals surface area (Å²) in [5, 5.41) is 13.0. The lowest BCUT2D eigenvalue weighted by Gasteiger charge is -2.28. The van der Waals surface area contributed by atoms with E-state index in [1.54, 1.807) is 27.0 Å². The summed E-state index contributed by atoms with van der Waals surface area (Å²) in [5.41, 5.74) is 1.25. The standard InChI is InChI=1S/C22H30N4O4/c1-14(15-6-8-16(9-7-15)19-23-10-11-25(19)5)24-20(28)18-12-17(27)13-26(18)21(29)30-22(2,3)4/h6-11,14,17-18,27H,12-13H2,1-5H3,(H,24,28)/t14-,17+,18-/m0/s1. The van der Waals surface area contributed by atoms with Crippen LogP contribution in [0, 0.1) is 0 Å². The predicted molar refractivity (Wildman–Crippen MR) is 113 cm³/mol. The number of amides is 2. The minimum Gasteiger partial charge on any atom is -0.444 e. The molecule has 8 nitrogen and oxygen atoms in total. The number of carbonyl (C=O) groups excluding carboxylic acids is 2. The molecule has 2 aromatic rings. The molecule has 0 saturated carbocycles. The van der Waals surface area contributed by atoms with Gasteiger partial charge in [0.05, 0.1) is 18.7 Å². The lowest BCUT2D eigenvalue weighted by molar-refractivity contribution is -0.126. The molecule has 0 spiro atoms. The normalized spacial score (nSPS) is 20.1. The summed E-state index contributed by atoms with van der Waals surface area (Å²) in [6, 6.07) is 6.81. The molecule has 3 atom stereocenters. The average molecular weight is 415 g/mol. The van der Waals surface area contributed by atoms with Gasteiger partial charge in [0.1, 0.15) is 17.5 Å². The molecular formula is C22H30N4O4. The summed E-state index contributed by atoms with van der Waals surface area (Å²) in [5.74, 6) is 0.560. The zero-order chi connectivity index (χ0) is 22.1. The first kappa shape index (κ1) is 21.8. The van der Waals surface area contributed by atoms with Crippen LogP contribution in [0.15, 0.2) is 36.7 Å². The van der Waals surface area contributed by atoms with Gasteiger partial charge in [-0.2, -0.15) is 0 Å². The summed E-state index contributed by atoms with van der Waals surface area (Å²) < 4.78 is 7.33. The van der Waals surface area contributed by atoms with E-state index in [0.717, 1.165) is 17.0 Å². The summed E-state index contributed by atoms with van der Waals surface area (Å²) in [6.45, 7) is 7.27. The Bertz CT molecular complexity index is 901. The Kier molecular flexibility index (Phi) is 6.17. The van der Waals surface area contributed by atoms with E-state index in [9.17, 15) is 14.7 Å². The van der Waals surface area contributed by atoms with Crippen LogP contribution in [0.4, 0.5) is 4.79 Å². The van der Waals surface area contributed by atoms with Gasteiger partial charge in [0.15, 0.2) is 0 Å². The van der Waals surface area contributed by atoms with E-state index in [0.29, 0.717) is 0 Å². The van der Waals surface area contributed by atoms with Crippen molar-refractivity contribution in [3.8, 4) is 11.4 Å². The molecule has 1 aliphatic rings. The van der Waals surface area contributed by atoms with Crippen LogP contribution in [0.3, 0.4) is 0 Å². The fourth-order valence-electron chi connectivity index (χ4n) is 3.54. The van der Waals surface area contributed by atoms with Gasteiger partial charge < -0.3 is 19.7 Å². The second-order valence-electron chi connectivity index (χ2n) is 8.75. The van der Waals surface area contributed by atoms with E-state index in [1.165, 1.54) is 4.90 Å². The summed E-state index contributed by atoms with van der Waals surface area (Å²) in [7, 11) is 1.94. The number of aryl methyl sites for hydroxylation is 1. The third kappa shape index (κ3) is 4.99. The van der Waals surface area contributed by atoms with Gasteiger partial charge in [-0.1, -0.05) is 24.3 Å². The number of nitrogens with one attached hydrogen (secondary N) is 1. The van der Waals surface area contributed by atoms with Gasteiger partial charge in [-0.15, -0.1) is 0 Å². The molecule has 1 aromatic carbocycles. The van der Waals surface area contributed by atoms with Gasteiger partial charge in [-0.05, 0) is 33.3 Å². The molecule has 1 fully saturated rings. The molecule has 0 aliphatic carbocycles. The van der Waals surface area contributed by atoms with Crippen molar-refractivity contribution in [2.45, 2.75) is 57.9 Å². The quantitative estimate of drug-likeness (QED) is 0.802. The Balaban J connectivity index is 1.66. The summed E-state index contributed by atoms with van der Waals surface area (Å²) >= 11 is 0. The van der Waals surface area contributed by atoms with Crippen molar-refractivity contribution in [1.29, 1.82) is 0 Å². The van der Waals surface area contributed by atoms with Crippen molar-refractivity contribution in [3.05, 3.63) is 42.2 Å². The summed E-state index contributed by atoms with van der Waals surface area (Å²) in [6.07, 6.45) is 2.49. The second-order valence-corrected chi connectivity index (χ2v) is 8.75. The SMILES string of the molecule is C[C@H](NC(=O)[C@@H]1C[C@@H](O)CN1C(=O)OC(C)(C)C)c1ccc(-c2nccn2C)cc1. The maximum Gasteiger partial charge on any atom is 0.411 e. The molecule has 1 aliphatic heterocycles. The molecule has 2 amide bonds. The molecular weight excluding hydrogens is 384 g/mol. The van der Waals surface area contributed by atoms with Crippen molar-refractivity contribution in [1.82, 2.24) is 19.8 Å². The number of carbonyl (C=O) groups is 2. The molecule has 30 heavy (non-hydrogen) atoms. The number of β-amino-alcohol motifs (C(OH)–C–C–N with tert-alkyl or cyclic N) is 1. The van der Waals surface area contributed by atoms with E-state index >= 15 is 0 Å². The number of aromatic nitrogens is 2. The van der Waals surface area contributed by atoms with Gasteiger partial charge in [-0.3, -0.25) is 9.69 Å². The molecule has 1 saturated heterocycles. The highest BCUT2D eigenvalue weighted by molar-refractivity contribution is 5.86.